The van der Waals surface area contributed by atoms with Gasteiger partial charge in [0, 0.05) is 0 Å². The van der Waals surface area contributed by atoms with Gasteiger partial charge in [-0.2, -0.15) is 0 Å². The van der Waals surface area contributed by atoms with Crippen molar-refractivity contribution in [1.82, 2.24) is 0 Å². The molecular weight excluding hydrogens is 432 g/mol. The fourth-order valence-electron chi connectivity index (χ4n) is 4.68. The molecule has 0 amide bonds. The molecule has 0 heteroatoms. The van der Waals surface area contributed by atoms with Crippen LogP contribution in [0.3, 0.4) is 0 Å². The molecule has 0 saturated heterocycles. The molecule has 5 aromatic carbocycles. The van der Waals surface area contributed by atoms with Crippen LogP contribution in [0.15, 0.2) is 121 Å². The van der Waals surface area contributed by atoms with Crippen molar-refractivity contribution in [1.29, 1.82) is 0 Å². The fourth-order valence-corrected chi connectivity index (χ4v) is 4.68. The van der Waals surface area contributed by atoms with E-state index >= 15 is 0 Å². The first-order valence-corrected chi connectivity index (χ1v) is 12.6. The summed E-state index contributed by atoms with van der Waals surface area (Å²) in [6.45, 7) is 8.55. The maximum absolute atomic E-state index is 2.27. The van der Waals surface area contributed by atoms with Crippen molar-refractivity contribution in [2.24, 2.45) is 0 Å². The van der Waals surface area contributed by atoms with Gasteiger partial charge in [0.1, 0.15) is 0 Å². The SMILES string of the molecule is Cc1ccc(C(c2ccc(C)cc2)=c2ccc(=C(c3ccc(C)cc3)c3ccc(C)cc3)cc2)cc1. The van der Waals surface area contributed by atoms with E-state index in [0.717, 1.165) is 0 Å². The molecule has 5 aromatic rings. The second-order valence-corrected chi connectivity index (χ2v) is 9.79. The first kappa shape index (κ1) is 23.6. The van der Waals surface area contributed by atoms with Gasteiger partial charge in [0.05, 0.1) is 0 Å². The van der Waals surface area contributed by atoms with Gasteiger partial charge in [-0.25, -0.2) is 0 Å². The smallest absolute Gasteiger partial charge is 0.00389 e. The predicted octanol–water partition coefficient (Wildman–Crippen LogP) is 7.41. The van der Waals surface area contributed by atoms with E-state index in [9.17, 15) is 0 Å². The van der Waals surface area contributed by atoms with E-state index in [1.165, 1.54) is 66.1 Å². The number of aryl methyl sites for hydroxylation is 4. The summed E-state index contributed by atoms with van der Waals surface area (Å²) < 4.78 is 0. The molecule has 0 N–H and O–H groups in total. The molecule has 0 aliphatic rings. The van der Waals surface area contributed by atoms with Crippen molar-refractivity contribution >= 4 is 11.1 Å². The van der Waals surface area contributed by atoms with Crippen LogP contribution in [0.2, 0.25) is 0 Å². The predicted molar refractivity (Wildman–Crippen MR) is 154 cm³/mol. The summed E-state index contributed by atoms with van der Waals surface area (Å²) >= 11 is 0. The Hall–Kier alpha value is -4.16. The van der Waals surface area contributed by atoms with Crippen molar-refractivity contribution in [2.45, 2.75) is 27.7 Å². The normalized spacial score (nSPS) is 10.8. The molecule has 0 heterocycles. The Kier molecular flexibility index (Phi) is 6.69. The van der Waals surface area contributed by atoms with Crippen LogP contribution in [-0.4, -0.2) is 0 Å². The van der Waals surface area contributed by atoms with Crippen molar-refractivity contribution < 1.29 is 0 Å². The lowest BCUT2D eigenvalue weighted by Crippen LogP contribution is -2.15. The van der Waals surface area contributed by atoms with Gasteiger partial charge < -0.3 is 0 Å². The lowest BCUT2D eigenvalue weighted by molar-refractivity contribution is 1.39. The molecule has 0 radical (unpaired) electrons. The molecule has 0 aliphatic carbocycles. The van der Waals surface area contributed by atoms with Crippen molar-refractivity contribution in [3.63, 3.8) is 0 Å². The number of benzene rings is 5. The molecule has 0 unspecified atom stereocenters. The summed E-state index contributed by atoms with van der Waals surface area (Å²) in [6, 6.07) is 44.5. The standard InChI is InChI=1S/C36H32/c1-25-5-13-29(14-6-25)35(30-15-7-26(2)8-16-30)33-21-23-34(24-22-33)36(31-17-9-27(3)10-18-31)32-19-11-28(4)12-20-32/h5-24H,1-4H3. The molecule has 0 spiro atoms. The number of hydrogen-bond acceptors (Lipinski definition) is 0. The van der Waals surface area contributed by atoms with E-state index in [0.29, 0.717) is 0 Å². The van der Waals surface area contributed by atoms with Gasteiger partial charge in [0.15, 0.2) is 0 Å². The average Bonchev–Trinajstić information content (AvgIpc) is 2.90. The summed E-state index contributed by atoms with van der Waals surface area (Å²) in [5.41, 5.74) is 12.5. The molecule has 0 aliphatic heterocycles. The molecule has 0 nitrogen and oxygen atoms in total. The minimum absolute atomic E-state index is 1.22. The summed E-state index contributed by atoms with van der Waals surface area (Å²) in [5, 5.41) is 2.44. The van der Waals surface area contributed by atoms with Crippen molar-refractivity contribution in [3.05, 3.63) is 176 Å². The van der Waals surface area contributed by atoms with E-state index in [1.54, 1.807) is 0 Å². The molecular formula is C36H32. The van der Waals surface area contributed by atoms with E-state index in [-0.39, 0.29) is 0 Å². The summed E-state index contributed by atoms with van der Waals surface area (Å²) in [4.78, 5) is 0. The molecule has 0 aromatic heterocycles. The summed E-state index contributed by atoms with van der Waals surface area (Å²) in [6.07, 6.45) is 0. The molecule has 0 saturated carbocycles. The Morgan fingerprint density at radius 2 is 0.472 bits per heavy atom. The van der Waals surface area contributed by atoms with Crippen LogP contribution in [0, 0.1) is 27.7 Å². The second kappa shape index (κ2) is 10.2. The lowest BCUT2D eigenvalue weighted by Gasteiger charge is -2.12. The zero-order valence-electron chi connectivity index (χ0n) is 21.5. The highest BCUT2D eigenvalue weighted by Gasteiger charge is 2.09. The Morgan fingerprint density at radius 3 is 0.667 bits per heavy atom. The van der Waals surface area contributed by atoms with Crippen LogP contribution in [0.1, 0.15) is 44.5 Å². The van der Waals surface area contributed by atoms with Gasteiger partial charge in [-0.15, -0.1) is 0 Å². The maximum Gasteiger partial charge on any atom is -0.00389 e. The van der Waals surface area contributed by atoms with Gasteiger partial charge >= 0.3 is 0 Å². The van der Waals surface area contributed by atoms with E-state index < -0.39 is 0 Å². The van der Waals surface area contributed by atoms with Gasteiger partial charge in [-0.05, 0) is 71.5 Å². The zero-order chi connectivity index (χ0) is 25.1. The molecule has 0 bridgehead atoms. The third-order valence-electron chi connectivity index (χ3n) is 6.82. The van der Waals surface area contributed by atoms with Crippen LogP contribution in [0.5, 0.6) is 0 Å². The second-order valence-electron chi connectivity index (χ2n) is 9.79. The topological polar surface area (TPSA) is 0 Å². The number of rotatable bonds is 4. The van der Waals surface area contributed by atoms with E-state index in [4.69, 9.17) is 0 Å². The fraction of sp³-hybridized carbons (Fsp3) is 0.111. The summed E-state index contributed by atoms with van der Waals surface area (Å²) in [7, 11) is 0. The highest BCUT2D eigenvalue weighted by molar-refractivity contribution is 5.81. The van der Waals surface area contributed by atoms with Crippen LogP contribution >= 0.6 is 0 Å². The quantitative estimate of drug-likeness (QED) is 0.260. The van der Waals surface area contributed by atoms with E-state index in [1.807, 2.05) is 0 Å². The van der Waals surface area contributed by atoms with E-state index in [2.05, 4.69) is 149 Å². The van der Waals surface area contributed by atoms with Gasteiger partial charge in [-0.3, -0.25) is 0 Å². The number of hydrogen-bond donors (Lipinski definition) is 0. The monoisotopic (exact) mass is 464 g/mol. The largest absolute Gasteiger partial charge is 0.0587 e. The highest BCUT2D eigenvalue weighted by Crippen LogP contribution is 2.23. The molecule has 0 fully saturated rings. The van der Waals surface area contributed by atoms with Crippen LogP contribution in [-0.2, 0) is 0 Å². The van der Waals surface area contributed by atoms with Crippen LogP contribution in [0.25, 0.3) is 11.1 Å². The Labute approximate surface area is 214 Å². The Morgan fingerprint density at radius 1 is 0.278 bits per heavy atom. The third kappa shape index (κ3) is 5.09. The molecule has 0 atom stereocenters. The first-order valence-electron chi connectivity index (χ1n) is 12.6. The zero-order valence-corrected chi connectivity index (χ0v) is 21.5. The van der Waals surface area contributed by atoms with Crippen LogP contribution < -0.4 is 10.4 Å². The summed E-state index contributed by atoms with van der Waals surface area (Å²) in [5.74, 6) is 0. The first-order chi connectivity index (χ1) is 17.5. The van der Waals surface area contributed by atoms with Crippen LogP contribution in [0.4, 0.5) is 0 Å². The molecule has 176 valence electrons. The van der Waals surface area contributed by atoms with Crippen molar-refractivity contribution in [3.8, 4) is 0 Å². The minimum atomic E-state index is 1.22. The Balaban J connectivity index is 1.76. The third-order valence-corrected chi connectivity index (χ3v) is 6.82. The van der Waals surface area contributed by atoms with Crippen molar-refractivity contribution in [2.75, 3.05) is 0 Å². The highest BCUT2D eigenvalue weighted by atomic mass is 14.1. The lowest BCUT2D eigenvalue weighted by atomic mass is 9.92. The van der Waals surface area contributed by atoms with Gasteiger partial charge in [0.25, 0.3) is 0 Å². The molecule has 5 rings (SSSR count). The van der Waals surface area contributed by atoms with Gasteiger partial charge in [-0.1, -0.05) is 144 Å². The average molecular weight is 465 g/mol. The minimum Gasteiger partial charge on any atom is -0.0587 e. The maximum atomic E-state index is 2.27. The molecule has 36 heavy (non-hydrogen) atoms. The van der Waals surface area contributed by atoms with Gasteiger partial charge in [0.2, 0.25) is 0 Å². The Bertz CT molecular complexity index is 1350.